The van der Waals surface area contributed by atoms with Crippen LogP contribution >= 0.6 is 15.9 Å². The molecular formula is C29H26BrN9O3. The lowest BCUT2D eigenvalue weighted by molar-refractivity contribution is -0.129. The van der Waals surface area contributed by atoms with E-state index < -0.39 is 0 Å². The van der Waals surface area contributed by atoms with Gasteiger partial charge < -0.3 is 24.6 Å². The fraction of sp³-hybridized carbons (Fsp3) is 0.241. The number of hydrogen-bond acceptors (Lipinski definition) is 10. The van der Waals surface area contributed by atoms with E-state index in [0.29, 0.717) is 65.6 Å². The number of aryl methyl sites for hydroxylation is 1. The third kappa shape index (κ3) is 4.96. The first-order valence-corrected chi connectivity index (χ1v) is 14.6. The number of hydrogen-bond donors (Lipinski definition) is 1. The average Bonchev–Trinajstić information content (AvgIpc) is 3.43. The third-order valence-electron chi connectivity index (χ3n) is 7.32. The van der Waals surface area contributed by atoms with E-state index in [1.165, 1.54) is 12.7 Å². The Labute approximate surface area is 249 Å². The number of halogens is 1. The summed E-state index contributed by atoms with van der Waals surface area (Å²) >= 11 is 3.33. The maximum Gasteiger partial charge on any atom is 0.246 e. The number of allylic oxidation sites excluding steroid dienone is 1. The Hall–Kier alpha value is -4.78. The highest BCUT2D eigenvalue weighted by atomic mass is 79.9. The van der Waals surface area contributed by atoms with Crippen molar-refractivity contribution < 1.29 is 14.3 Å². The van der Waals surface area contributed by atoms with Gasteiger partial charge in [-0.2, -0.15) is 5.10 Å². The van der Waals surface area contributed by atoms with Crippen LogP contribution in [0.5, 0.6) is 17.2 Å². The van der Waals surface area contributed by atoms with Crippen LogP contribution in [0.25, 0.3) is 16.7 Å². The molecule has 1 aromatic carbocycles. The van der Waals surface area contributed by atoms with E-state index in [4.69, 9.17) is 14.5 Å². The van der Waals surface area contributed by atoms with Gasteiger partial charge in [0, 0.05) is 49.0 Å². The Kier molecular flexibility index (Phi) is 6.78. The molecule has 0 spiro atoms. The molecule has 6 heterocycles. The van der Waals surface area contributed by atoms with Crippen LogP contribution in [-0.4, -0.2) is 78.0 Å². The highest BCUT2D eigenvalue weighted by Gasteiger charge is 2.35. The number of pyridine rings is 2. The monoisotopic (exact) mass is 627 g/mol. The number of nitrogens with zero attached hydrogens (tertiary/aromatic N) is 8. The van der Waals surface area contributed by atoms with Crippen LogP contribution in [0.1, 0.15) is 5.56 Å². The molecule has 12 nitrogen and oxygen atoms in total. The van der Waals surface area contributed by atoms with Crippen LogP contribution < -0.4 is 19.7 Å². The summed E-state index contributed by atoms with van der Waals surface area (Å²) < 4.78 is 14.0. The van der Waals surface area contributed by atoms with Gasteiger partial charge in [-0.15, -0.1) is 0 Å². The Bertz CT molecular complexity index is 1840. The van der Waals surface area contributed by atoms with Crippen molar-refractivity contribution in [1.29, 1.82) is 0 Å². The molecule has 1 fully saturated rings. The molecule has 2 aliphatic heterocycles. The SMILES string of the molecule is Cc1cc(Nc2ncnc3cc4c(nc23)N2CCN(C(=O)/C=C/CBr)[C@H](CO4)C2)ccc1Oc1ccn2ncnc2c1. The van der Waals surface area contributed by atoms with Crippen LogP contribution in [0.4, 0.5) is 17.3 Å². The summed E-state index contributed by atoms with van der Waals surface area (Å²) in [5, 5.41) is 8.16. The van der Waals surface area contributed by atoms with Crippen molar-refractivity contribution in [1.82, 2.24) is 34.4 Å². The van der Waals surface area contributed by atoms with Gasteiger partial charge in [-0.05, 0) is 42.8 Å². The quantitative estimate of drug-likeness (QED) is 0.216. The molecule has 0 radical (unpaired) electrons. The standard InChI is InChI=1S/C29H26BrN9O3/c1-18-11-19(4-5-23(18)42-21-6-8-39-25(12-21)32-17-34-39)35-28-27-22(31-16-33-28)13-24-29(36-27)37-9-10-38(20(14-37)15-41-24)26(40)3-2-7-30/h2-6,8,11-13,16-17,20H,7,9-10,14-15H2,1H3,(H,31,33,35)/b3-2+/t20-/m0/s1. The summed E-state index contributed by atoms with van der Waals surface area (Å²) in [5.41, 5.74) is 3.79. The smallest absolute Gasteiger partial charge is 0.246 e. The summed E-state index contributed by atoms with van der Waals surface area (Å²) in [6.07, 6.45) is 8.25. The van der Waals surface area contributed by atoms with Gasteiger partial charge in [0.2, 0.25) is 5.91 Å². The Morgan fingerprint density at radius 1 is 1.17 bits per heavy atom. The number of ether oxygens (including phenoxy) is 2. The van der Waals surface area contributed by atoms with Gasteiger partial charge in [-0.3, -0.25) is 4.79 Å². The van der Waals surface area contributed by atoms with Gasteiger partial charge in [0.05, 0.1) is 11.6 Å². The number of piperazine rings is 1. The number of aromatic nitrogens is 6. The lowest BCUT2D eigenvalue weighted by atomic mass is 10.1. The van der Waals surface area contributed by atoms with E-state index in [-0.39, 0.29) is 11.9 Å². The molecule has 2 bridgehead atoms. The summed E-state index contributed by atoms with van der Waals surface area (Å²) in [6.45, 7) is 4.26. The van der Waals surface area contributed by atoms with E-state index in [2.05, 4.69) is 46.2 Å². The highest BCUT2D eigenvalue weighted by Crippen LogP contribution is 2.36. The van der Waals surface area contributed by atoms with Crippen molar-refractivity contribution in [2.75, 3.05) is 41.8 Å². The fourth-order valence-electron chi connectivity index (χ4n) is 5.26. The molecule has 1 saturated heterocycles. The van der Waals surface area contributed by atoms with Crippen molar-refractivity contribution in [2.45, 2.75) is 13.0 Å². The largest absolute Gasteiger partial charge is 0.487 e. The summed E-state index contributed by atoms with van der Waals surface area (Å²) in [6, 6.07) is 11.4. The van der Waals surface area contributed by atoms with E-state index >= 15 is 0 Å². The molecule has 4 aromatic heterocycles. The zero-order valence-electron chi connectivity index (χ0n) is 22.6. The third-order valence-corrected chi connectivity index (χ3v) is 7.69. The molecule has 1 amide bonds. The number of alkyl halides is 1. The van der Waals surface area contributed by atoms with Crippen LogP contribution in [-0.2, 0) is 4.79 Å². The lowest BCUT2D eigenvalue weighted by Crippen LogP contribution is -2.56. The number of fused-ring (bicyclic) bond motifs is 6. The Morgan fingerprint density at radius 2 is 2.10 bits per heavy atom. The van der Waals surface area contributed by atoms with E-state index in [1.54, 1.807) is 10.6 Å². The molecule has 0 saturated carbocycles. The minimum atomic E-state index is -0.0748. The lowest BCUT2D eigenvalue weighted by Gasteiger charge is -2.39. The summed E-state index contributed by atoms with van der Waals surface area (Å²) in [4.78, 5) is 34.9. The van der Waals surface area contributed by atoms with Gasteiger partial charge in [0.25, 0.3) is 0 Å². The molecule has 7 rings (SSSR count). The first-order valence-electron chi connectivity index (χ1n) is 13.5. The molecule has 1 N–H and O–H groups in total. The number of carbonyl (C=O) groups is 1. The second-order valence-electron chi connectivity index (χ2n) is 10.0. The fourth-order valence-corrected chi connectivity index (χ4v) is 5.44. The van der Waals surface area contributed by atoms with E-state index in [9.17, 15) is 4.79 Å². The first-order chi connectivity index (χ1) is 20.6. The molecule has 212 valence electrons. The van der Waals surface area contributed by atoms with Crippen molar-refractivity contribution in [3.63, 3.8) is 0 Å². The van der Waals surface area contributed by atoms with Crippen LogP contribution in [0.2, 0.25) is 0 Å². The highest BCUT2D eigenvalue weighted by molar-refractivity contribution is 9.09. The molecule has 2 aliphatic rings. The van der Waals surface area contributed by atoms with Crippen LogP contribution in [0.15, 0.2) is 67.4 Å². The molecule has 1 atom stereocenters. The predicted octanol–water partition coefficient (Wildman–Crippen LogP) is 4.27. The van der Waals surface area contributed by atoms with Crippen LogP contribution in [0, 0.1) is 6.92 Å². The van der Waals surface area contributed by atoms with E-state index in [1.807, 2.05) is 60.5 Å². The zero-order valence-corrected chi connectivity index (χ0v) is 24.2. The minimum Gasteiger partial charge on any atom is -0.487 e. The van der Waals surface area contributed by atoms with Gasteiger partial charge in [0.15, 0.2) is 23.0 Å². The zero-order chi connectivity index (χ0) is 28.6. The number of rotatable bonds is 6. The maximum atomic E-state index is 12.7. The number of benzene rings is 1. The topological polar surface area (TPSA) is 123 Å². The minimum absolute atomic E-state index is 0.00719. The second-order valence-corrected chi connectivity index (χ2v) is 10.7. The normalized spacial score (nSPS) is 16.4. The van der Waals surface area contributed by atoms with Gasteiger partial charge in [0.1, 0.15) is 36.3 Å². The number of carbonyl (C=O) groups excluding carboxylic acids is 1. The molecule has 0 aliphatic carbocycles. The molecule has 0 unspecified atom stereocenters. The predicted molar refractivity (Wildman–Crippen MR) is 161 cm³/mol. The molecule has 5 aromatic rings. The summed E-state index contributed by atoms with van der Waals surface area (Å²) in [5.74, 6) is 3.37. The van der Waals surface area contributed by atoms with Gasteiger partial charge >= 0.3 is 0 Å². The Morgan fingerprint density at radius 3 is 2.98 bits per heavy atom. The second kappa shape index (κ2) is 10.9. The van der Waals surface area contributed by atoms with Gasteiger partial charge in [-0.25, -0.2) is 24.5 Å². The van der Waals surface area contributed by atoms with Crippen molar-refractivity contribution in [3.05, 3.63) is 73.0 Å². The number of anilines is 3. The average molecular weight is 628 g/mol. The van der Waals surface area contributed by atoms with Crippen LogP contribution in [0.3, 0.4) is 0 Å². The van der Waals surface area contributed by atoms with Gasteiger partial charge in [-0.1, -0.05) is 22.0 Å². The first kappa shape index (κ1) is 26.1. The van der Waals surface area contributed by atoms with Crippen molar-refractivity contribution >= 4 is 55.8 Å². The molecule has 42 heavy (non-hydrogen) atoms. The maximum absolute atomic E-state index is 12.7. The van der Waals surface area contributed by atoms with Crippen molar-refractivity contribution in [2.24, 2.45) is 0 Å². The van der Waals surface area contributed by atoms with E-state index in [0.717, 1.165) is 22.8 Å². The summed E-state index contributed by atoms with van der Waals surface area (Å²) in [7, 11) is 0. The number of nitrogens with one attached hydrogen (secondary N) is 1. The molecular weight excluding hydrogens is 602 g/mol. The Balaban J connectivity index is 1.13. The number of amides is 1. The molecule has 13 heteroatoms. The van der Waals surface area contributed by atoms with Crippen molar-refractivity contribution in [3.8, 4) is 17.2 Å².